The van der Waals surface area contributed by atoms with Gasteiger partial charge >= 0.3 is 0 Å². The summed E-state index contributed by atoms with van der Waals surface area (Å²) in [5.41, 5.74) is 0.944. The molecule has 1 aromatic carbocycles. The molecule has 1 rings (SSSR count). The van der Waals surface area contributed by atoms with E-state index in [0.717, 1.165) is 5.56 Å². The molecular weight excluding hydrogens is 204 g/mol. The lowest BCUT2D eigenvalue weighted by molar-refractivity contribution is 0.0282. The zero-order valence-electron chi connectivity index (χ0n) is 7.67. The number of benzene rings is 1. The van der Waals surface area contributed by atoms with Crippen LogP contribution in [-0.2, 0) is 14.3 Å². The topological polar surface area (TPSA) is 63.6 Å². The van der Waals surface area contributed by atoms with E-state index in [-0.39, 0.29) is 4.90 Å². The first-order valence-electron chi connectivity index (χ1n) is 3.93. The third-order valence-corrected chi connectivity index (χ3v) is 2.87. The van der Waals surface area contributed by atoms with E-state index in [1.54, 1.807) is 12.1 Å². The van der Waals surface area contributed by atoms with Gasteiger partial charge in [-0.05, 0) is 19.1 Å². The van der Waals surface area contributed by atoms with E-state index in [1.807, 2.05) is 6.92 Å². The second-order valence-electron chi connectivity index (χ2n) is 2.82. The van der Waals surface area contributed by atoms with Gasteiger partial charge in [-0.15, -0.1) is 0 Å². The lowest BCUT2D eigenvalue weighted by atomic mass is 10.2. The zero-order valence-corrected chi connectivity index (χ0v) is 8.49. The SMILES string of the molecule is [CH2]C(O)OS(=O)(=O)c1ccc(C)cc1. The van der Waals surface area contributed by atoms with Crippen molar-refractivity contribution in [2.45, 2.75) is 18.1 Å². The van der Waals surface area contributed by atoms with Crippen molar-refractivity contribution in [3.8, 4) is 0 Å². The van der Waals surface area contributed by atoms with Crippen molar-refractivity contribution in [2.75, 3.05) is 0 Å². The van der Waals surface area contributed by atoms with E-state index in [1.165, 1.54) is 12.1 Å². The fourth-order valence-electron chi connectivity index (χ4n) is 0.907. The van der Waals surface area contributed by atoms with Crippen LogP contribution in [0.25, 0.3) is 0 Å². The molecule has 0 heterocycles. The lowest BCUT2D eigenvalue weighted by Gasteiger charge is -2.07. The first-order chi connectivity index (χ1) is 6.42. The molecule has 4 nitrogen and oxygen atoms in total. The highest BCUT2D eigenvalue weighted by atomic mass is 32.2. The Bertz CT molecular complexity index is 391. The van der Waals surface area contributed by atoms with Crippen molar-refractivity contribution < 1.29 is 17.7 Å². The Morgan fingerprint density at radius 1 is 1.36 bits per heavy atom. The van der Waals surface area contributed by atoms with Crippen LogP contribution in [0.1, 0.15) is 5.56 Å². The van der Waals surface area contributed by atoms with Gasteiger partial charge in [-0.1, -0.05) is 17.7 Å². The minimum atomic E-state index is -3.89. The molecule has 0 aliphatic rings. The van der Waals surface area contributed by atoms with Crippen LogP contribution < -0.4 is 0 Å². The predicted octanol–water partition coefficient (Wildman–Crippen LogP) is 0.853. The van der Waals surface area contributed by atoms with Gasteiger partial charge in [0.05, 0.1) is 4.90 Å². The minimum absolute atomic E-state index is 0.00537. The van der Waals surface area contributed by atoms with Gasteiger partial charge in [0.25, 0.3) is 10.1 Å². The molecule has 1 unspecified atom stereocenters. The fraction of sp³-hybridized carbons (Fsp3) is 0.222. The van der Waals surface area contributed by atoms with Crippen LogP contribution >= 0.6 is 0 Å². The fourth-order valence-corrected chi connectivity index (χ4v) is 1.78. The highest BCUT2D eigenvalue weighted by Crippen LogP contribution is 2.13. The molecule has 0 fully saturated rings. The summed E-state index contributed by atoms with van der Waals surface area (Å²) in [5.74, 6) is 0. The van der Waals surface area contributed by atoms with Crippen LogP contribution in [-0.4, -0.2) is 19.8 Å². The summed E-state index contributed by atoms with van der Waals surface area (Å²) in [5, 5.41) is 8.69. The van der Waals surface area contributed by atoms with Crippen molar-refractivity contribution in [3.63, 3.8) is 0 Å². The van der Waals surface area contributed by atoms with Crippen LogP contribution in [0.5, 0.6) is 0 Å². The molecule has 0 aliphatic heterocycles. The molecule has 0 bridgehead atoms. The molecule has 1 aromatic rings. The van der Waals surface area contributed by atoms with E-state index in [4.69, 9.17) is 5.11 Å². The van der Waals surface area contributed by atoms with Crippen LogP contribution in [0, 0.1) is 13.8 Å². The van der Waals surface area contributed by atoms with Gasteiger partial charge in [0, 0.05) is 6.92 Å². The van der Waals surface area contributed by atoms with Gasteiger partial charge in [-0.2, -0.15) is 8.42 Å². The van der Waals surface area contributed by atoms with E-state index in [9.17, 15) is 8.42 Å². The van der Waals surface area contributed by atoms with Crippen molar-refractivity contribution in [1.82, 2.24) is 0 Å². The Morgan fingerprint density at radius 3 is 2.29 bits per heavy atom. The first-order valence-corrected chi connectivity index (χ1v) is 5.34. The number of aryl methyl sites for hydroxylation is 1. The van der Waals surface area contributed by atoms with Gasteiger partial charge in [-0.3, -0.25) is 0 Å². The van der Waals surface area contributed by atoms with Crippen molar-refractivity contribution in [1.29, 1.82) is 0 Å². The molecule has 14 heavy (non-hydrogen) atoms. The molecule has 0 aromatic heterocycles. The summed E-state index contributed by atoms with van der Waals surface area (Å²) in [7, 11) is -3.89. The predicted molar refractivity (Wildman–Crippen MR) is 50.8 cm³/mol. The Balaban J connectivity index is 2.99. The number of aliphatic hydroxyl groups excluding tert-OH is 1. The summed E-state index contributed by atoms with van der Waals surface area (Å²) in [4.78, 5) is 0.00537. The molecule has 1 atom stereocenters. The third kappa shape index (κ3) is 2.80. The molecule has 77 valence electrons. The quantitative estimate of drug-likeness (QED) is 0.599. The van der Waals surface area contributed by atoms with Gasteiger partial charge in [0.2, 0.25) is 0 Å². The summed E-state index contributed by atoms with van der Waals surface area (Å²) in [6.07, 6.45) is -1.58. The molecule has 1 N–H and O–H groups in total. The summed E-state index contributed by atoms with van der Waals surface area (Å²) in [6, 6.07) is 6.11. The van der Waals surface area contributed by atoms with Gasteiger partial charge in [0.15, 0.2) is 6.29 Å². The molecule has 0 saturated heterocycles. The van der Waals surface area contributed by atoms with Gasteiger partial charge in [-0.25, -0.2) is 4.18 Å². The number of aliphatic hydroxyl groups is 1. The molecule has 0 aliphatic carbocycles. The Kier molecular flexibility index (Phi) is 3.25. The van der Waals surface area contributed by atoms with E-state index >= 15 is 0 Å². The number of hydrogen-bond acceptors (Lipinski definition) is 4. The van der Waals surface area contributed by atoms with Crippen molar-refractivity contribution >= 4 is 10.1 Å². The van der Waals surface area contributed by atoms with Crippen LogP contribution in [0.15, 0.2) is 29.2 Å². The van der Waals surface area contributed by atoms with Crippen LogP contribution in [0.3, 0.4) is 0 Å². The summed E-state index contributed by atoms with van der Waals surface area (Å²) >= 11 is 0. The maximum absolute atomic E-state index is 11.3. The van der Waals surface area contributed by atoms with E-state index in [0.29, 0.717) is 0 Å². The molecule has 0 spiro atoms. The van der Waals surface area contributed by atoms with Gasteiger partial charge in [0.1, 0.15) is 0 Å². The van der Waals surface area contributed by atoms with Gasteiger partial charge < -0.3 is 5.11 Å². The molecule has 5 heteroatoms. The lowest BCUT2D eigenvalue weighted by Crippen LogP contribution is -2.14. The number of rotatable bonds is 3. The van der Waals surface area contributed by atoms with Crippen LogP contribution in [0.4, 0.5) is 0 Å². The standard InChI is InChI=1S/C9H11O4S/c1-7-3-5-9(6-4-7)14(11,12)13-8(2)10/h3-6,8,10H,2H2,1H3. The largest absolute Gasteiger partial charge is 0.367 e. The Hall–Kier alpha value is -0.910. The molecule has 0 amide bonds. The molecule has 0 saturated carbocycles. The third-order valence-electron chi connectivity index (χ3n) is 1.55. The van der Waals surface area contributed by atoms with E-state index < -0.39 is 16.4 Å². The van der Waals surface area contributed by atoms with Crippen molar-refractivity contribution in [2.24, 2.45) is 0 Å². The number of hydrogen-bond donors (Lipinski definition) is 1. The first kappa shape index (κ1) is 11.2. The van der Waals surface area contributed by atoms with Crippen molar-refractivity contribution in [3.05, 3.63) is 36.8 Å². The maximum Gasteiger partial charge on any atom is 0.299 e. The highest BCUT2D eigenvalue weighted by molar-refractivity contribution is 7.86. The average Bonchev–Trinajstić information content (AvgIpc) is 2.02. The Labute approximate surface area is 83.3 Å². The second kappa shape index (κ2) is 4.08. The minimum Gasteiger partial charge on any atom is -0.367 e. The second-order valence-corrected chi connectivity index (χ2v) is 4.39. The summed E-state index contributed by atoms with van der Waals surface area (Å²) < 4.78 is 26.9. The van der Waals surface area contributed by atoms with Crippen LogP contribution in [0.2, 0.25) is 0 Å². The highest BCUT2D eigenvalue weighted by Gasteiger charge is 2.17. The zero-order chi connectivity index (χ0) is 10.8. The monoisotopic (exact) mass is 215 g/mol. The molecule has 1 radical (unpaired) electrons. The van der Waals surface area contributed by atoms with E-state index in [2.05, 4.69) is 11.1 Å². The summed E-state index contributed by atoms with van der Waals surface area (Å²) in [6.45, 7) is 4.86. The normalized spacial score (nSPS) is 13.9. The average molecular weight is 215 g/mol. The smallest absolute Gasteiger partial charge is 0.299 e. The Morgan fingerprint density at radius 2 is 1.86 bits per heavy atom. The molecular formula is C9H11O4S. The maximum atomic E-state index is 11.3.